The second kappa shape index (κ2) is 5.70. The van der Waals surface area contributed by atoms with Gasteiger partial charge in [0.15, 0.2) is 0 Å². The molecule has 0 aliphatic rings. The topological polar surface area (TPSA) is 36.3 Å². The zero-order valence-electron chi connectivity index (χ0n) is 11.0. The van der Waals surface area contributed by atoms with Crippen molar-refractivity contribution in [1.29, 1.82) is 5.26 Å². The third-order valence-electron chi connectivity index (χ3n) is 2.38. The SMILES string of the molecule is CN(CCOC(C)(C)C)c1cccc(C#N)c1. The normalized spacial score (nSPS) is 11.0. The van der Waals surface area contributed by atoms with Crippen molar-refractivity contribution in [2.24, 2.45) is 0 Å². The molecule has 0 aliphatic carbocycles. The lowest BCUT2D eigenvalue weighted by molar-refractivity contribution is 0.00168. The standard InChI is InChI=1S/C14H20N2O/c1-14(2,3)17-9-8-16(4)13-7-5-6-12(10-13)11-15/h5-7,10H,8-9H2,1-4H3. The first-order chi connectivity index (χ1) is 7.92. The fraction of sp³-hybridized carbons (Fsp3) is 0.500. The predicted octanol–water partition coefficient (Wildman–Crippen LogP) is 2.81. The van der Waals surface area contributed by atoms with E-state index in [2.05, 4.69) is 11.0 Å². The molecule has 0 unspecified atom stereocenters. The number of hydrogen-bond donors (Lipinski definition) is 0. The molecule has 3 nitrogen and oxygen atoms in total. The Balaban J connectivity index is 2.52. The summed E-state index contributed by atoms with van der Waals surface area (Å²) in [7, 11) is 2.00. The van der Waals surface area contributed by atoms with Gasteiger partial charge in [-0.2, -0.15) is 5.26 Å². The van der Waals surface area contributed by atoms with E-state index in [4.69, 9.17) is 10.00 Å². The van der Waals surface area contributed by atoms with Crippen LogP contribution in [0.4, 0.5) is 5.69 Å². The minimum absolute atomic E-state index is 0.102. The minimum Gasteiger partial charge on any atom is -0.374 e. The van der Waals surface area contributed by atoms with Crippen molar-refractivity contribution in [1.82, 2.24) is 0 Å². The van der Waals surface area contributed by atoms with Crippen LogP contribution in [-0.4, -0.2) is 25.8 Å². The first-order valence-corrected chi connectivity index (χ1v) is 5.77. The van der Waals surface area contributed by atoms with Crippen LogP contribution in [0, 0.1) is 11.3 Å². The zero-order chi connectivity index (χ0) is 12.9. The number of anilines is 1. The van der Waals surface area contributed by atoms with Crippen LogP contribution in [-0.2, 0) is 4.74 Å². The number of benzene rings is 1. The third-order valence-corrected chi connectivity index (χ3v) is 2.38. The molecule has 0 saturated carbocycles. The van der Waals surface area contributed by atoms with Crippen molar-refractivity contribution in [3.05, 3.63) is 29.8 Å². The Morgan fingerprint density at radius 2 is 2.06 bits per heavy atom. The molecule has 0 amide bonds. The molecule has 0 N–H and O–H groups in total. The second-order valence-corrected chi connectivity index (χ2v) is 5.04. The highest BCUT2D eigenvalue weighted by Gasteiger charge is 2.10. The monoisotopic (exact) mass is 232 g/mol. The van der Waals surface area contributed by atoms with E-state index in [9.17, 15) is 0 Å². The van der Waals surface area contributed by atoms with Gasteiger partial charge in [0.2, 0.25) is 0 Å². The molecular weight excluding hydrogens is 212 g/mol. The van der Waals surface area contributed by atoms with Crippen LogP contribution in [0.2, 0.25) is 0 Å². The highest BCUT2D eigenvalue weighted by molar-refractivity contribution is 5.50. The Kier molecular flexibility index (Phi) is 4.53. The fourth-order valence-electron chi connectivity index (χ4n) is 1.43. The summed E-state index contributed by atoms with van der Waals surface area (Å²) >= 11 is 0. The summed E-state index contributed by atoms with van der Waals surface area (Å²) in [5, 5.41) is 8.83. The average molecular weight is 232 g/mol. The van der Waals surface area contributed by atoms with E-state index in [0.29, 0.717) is 12.2 Å². The summed E-state index contributed by atoms with van der Waals surface area (Å²) in [6.07, 6.45) is 0. The maximum absolute atomic E-state index is 8.83. The van der Waals surface area contributed by atoms with Gasteiger partial charge in [-0.25, -0.2) is 0 Å². The van der Waals surface area contributed by atoms with Crippen molar-refractivity contribution in [2.45, 2.75) is 26.4 Å². The van der Waals surface area contributed by atoms with E-state index >= 15 is 0 Å². The van der Waals surface area contributed by atoms with Gasteiger partial charge in [0.05, 0.1) is 23.8 Å². The Morgan fingerprint density at radius 3 is 2.65 bits per heavy atom. The highest BCUT2D eigenvalue weighted by atomic mass is 16.5. The summed E-state index contributed by atoms with van der Waals surface area (Å²) in [5.41, 5.74) is 1.63. The third kappa shape index (κ3) is 4.88. The molecule has 0 bridgehead atoms. The van der Waals surface area contributed by atoms with Crippen molar-refractivity contribution in [3.63, 3.8) is 0 Å². The lowest BCUT2D eigenvalue weighted by Gasteiger charge is -2.24. The van der Waals surface area contributed by atoms with Crippen LogP contribution >= 0.6 is 0 Å². The van der Waals surface area contributed by atoms with E-state index in [1.807, 2.05) is 52.1 Å². The van der Waals surface area contributed by atoms with Gasteiger partial charge in [-0.15, -0.1) is 0 Å². The maximum Gasteiger partial charge on any atom is 0.0992 e. The minimum atomic E-state index is -0.102. The van der Waals surface area contributed by atoms with Crippen molar-refractivity contribution < 1.29 is 4.74 Å². The van der Waals surface area contributed by atoms with E-state index < -0.39 is 0 Å². The molecular formula is C14H20N2O. The molecule has 0 atom stereocenters. The molecule has 1 rings (SSSR count). The van der Waals surface area contributed by atoms with Gasteiger partial charge in [-0.3, -0.25) is 0 Å². The van der Waals surface area contributed by atoms with Crippen LogP contribution in [0.1, 0.15) is 26.3 Å². The van der Waals surface area contributed by atoms with Crippen molar-refractivity contribution in [3.8, 4) is 6.07 Å². The maximum atomic E-state index is 8.83. The summed E-state index contributed by atoms with van der Waals surface area (Å²) in [6, 6.07) is 9.73. The average Bonchev–Trinajstić information content (AvgIpc) is 2.27. The van der Waals surface area contributed by atoms with E-state index in [-0.39, 0.29) is 5.60 Å². The smallest absolute Gasteiger partial charge is 0.0992 e. The summed E-state index contributed by atoms with van der Waals surface area (Å²) in [5.74, 6) is 0. The molecule has 1 aromatic rings. The number of nitriles is 1. The van der Waals surface area contributed by atoms with Crippen molar-refractivity contribution in [2.75, 3.05) is 25.1 Å². The Bertz CT molecular complexity index is 401. The van der Waals surface area contributed by atoms with Gasteiger partial charge in [0, 0.05) is 19.3 Å². The predicted molar refractivity (Wildman–Crippen MR) is 70.1 cm³/mol. The summed E-state index contributed by atoms with van der Waals surface area (Å²) < 4.78 is 5.67. The first kappa shape index (κ1) is 13.5. The lowest BCUT2D eigenvalue weighted by Crippen LogP contribution is -2.28. The molecule has 17 heavy (non-hydrogen) atoms. The molecule has 92 valence electrons. The van der Waals surface area contributed by atoms with Gasteiger partial charge < -0.3 is 9.64 Å². The number of hydrogen-bond acceptors (Lipinski definition) is 3. The number of ether oxygens (including phenoxy) is 1. The van der Waals surface area contributed by atoms with Gasteiger partial charge >= 0.3 is 0 Å². The number of likely N-dealkylation sites (N-methyl/N-ethyl adjacent to an activating group) is 1. The van der Waals surface area contributed by atoms with E-state index in [0.717, 1.165) is 12.2 Å². The Hall–Kier alpha value is -1.53. The molecule has 0 radical (unpaired) electrons. The largest absolute Gasteiger partial charge is 0.374 e. The zero-order valence-corrected chi connectivity index (χ0v) is 11.0. The van der Waals surface area contributed by atoms with Gasteiger partial charge in [0.25, 0.3) is 0 Å². The number of rotatable bonds is 4. The van der Waals surface area contributed by atoms with Crippen LogP contribution in [0.25, 0.3) is 0 Å². The second-order valence-electron chi connectivity index (χ2n) is 5.04. The molecule has 0 fully saturated rings. The van der Waals surface area contributed by atoms with Gasteiger partial charge in [-0.05, 0) is 39.0 Å². The molecule has 0 aliphatic heterocycles. The van der Waals surface area contributed by atoms with Gasteiger partial charge in [0.1, 0.15) is 0 Å². The number of nitrogens with zero attached hydrogens (tertiary/aromatic N) is 2. The molecule has 0 saturated heterocycles. The highest BCUT2D eigenvalue weighted by Crippen LogP contribution is 2.14. The van der Waals surface area contributed by atoms with E-state index in [1.165, 1.54) is 0 Å². The van der Waals surface area contributed by atoms with E-state index in [1.54, 1.807) is 0 Å². The summed E-state index contributed by atoms with van der Waals surface area (Å²) in [4.78, 5) is 2.09. The molecule has 3 heteroatoms. The quantitative estimate of drug-likeness (QED) is 0.801. The fourth-order valence-corrected chi connectivity index (χ4v) is 1.43. The Morgan fingerprint density at radius 1 is 1.35 bits per heavy atom. The molecule has 0 spiro atoms. The van der Waals surface area contributed by atoms with Crippen LogP contribution in [0.3, 0.4) is 0 Å². The molecule has 0 heterocycles. The van der Waals surface area contributed by atoms with Crippen molar-refractivity contribution >= 4 is 5.69 Å². The van der Waals surface area contributed by atoms with Gasteiger partial charge in [-0.1, -0.05) is 6.07 Å². The molecule has 1 aromatic carbocycles. The molecule has 0 aromatic heterocycles. The van der Waals surface area contributed by atoms with Crippen LogP contribution < -0.4 is 4.90 Å². The first-order valence-electron chi connectivity index (χ1n) is 5.77. The lowest BCUT2D eigenvalue weighted by atomic mass is 10.2. The summed E-state index contributed by atoms with van der Waals surface area (Å²) in [6.45, 7) is 7.62. The van der Waals surface area contributed by atoms with Crippen LogP contribution in [0.15, 0.2) is 24.3 Å². The van der Waals surface area contributed by atoms with Crippen LogP contribution in [0.5, 0.6) is 0 Å². The Labute approximate surface area is 104 Å².